The minimum absolute atomic E-state index is 0.0483. The maximum Gasteiger partial charge on any atom is 0.338 e. The van der Waals surface area contributed by atoms with Crippen LogP contribution in [0.25, 0.3) is 6.08 Å². The van der Waals surface area contributed by atoms with Crippen molar-refractivity contribution in [3.63, 3.8) is 0 Å². The molecule has 3 heterocycles. The Labute approximate surface area is 247 Å². The highest BCUT2D eigenvalue weighted by molar-refractivity contribution is 7.07. The Morgan fingerprint density at radius 1 is 1.19 bits per heavy atom. The van der Waals surface area contributed by atoms with E-state index in [9.17, 15) is 19.7 Å². The van der Waals surface area contributed by atoms with Gasteiger partial charge in [0.1, 0.15) is 11.8 Å². The first-order chi connectivity index (χ1) is 20.2. The molecule has 0 saturated carbocycles. The SMILES string of the molecule is CCOC(=O)C1=C(C)N=c2s/c(=C/c3cc([N+](=O)[O-])ccc3N3CCCCC3)c(=O)n2[C@H]1c1ccccc1OC(C)C. The molecule has 0 unspecified atom stereocenters. The van der Waals surface area contributed by atoms with Gasteiger partial charge >= 0.3 is 5.97 Å². The van der Waals surface area contributed by atoms with Gasteiger partial charge in [-0.05, 0) is 65.2 Å². The third-order valence-corrected chi connectivity index (χ3v) is 8.28. The van der Waals surface area contributed by atoms with Crippen molar-refractivity contribution in [1.82, 2.24) is 4.57 Å². The molecule has 0 bridgehead atoms. The fraction of sp³-hybridized carbons (Fsp3) is 0.387. The molecule has 2 aliphatic heterocycles. The summed E-state index contributed by atoms with van der Waals surface area (Å²) in [5.74, 6) is -0.00176. The number of thiazole rings is 1. The van der Waals surface area contributed by atoms with E-state index in [0.29, 0.717) is 31.9 Å². The minimum Gasteiger partial charge on any atom is -0.491 e. The zero-order valence-electron chi connectivity index (χ0n) is 24.2. The molecule has 0 N–H and O–H groups in total. The highest BCUT2D eigenvalue weighted by Crippen LogP contribution is 2.36. The maximum absolute atomic E-state index is 14.2. The lowest BCUT2D eigenvalue weighted by Gasteiger charge is -2.30. The van der Waals surface area contributed by atoms with Crippen LogP contribution in [0, 0.1) is 10.1 Å². The molecule has 1 atom stereocenters. The van der Waals surface area contributed by atoms with Gasteiger partial charge in [-0.3, -0.25) is 19.5 Å². The number of rotatable bonds is 8. The second-order valence-electron chi connectivity index (χ2n) is 10.6. The van der Waals surface area contributed by atoms with Crippen LogP contribution in [0.5, 0.6) is 5.75 Å². The predicted molar refractivity (Wildman–Crippen MR) is 162 cm³/mol. The molecule has 2 aromatic carbocycles. The van der Waals surface area contributed by atoms with E-state index in [4.69, 9.17) is 9.47 Å². The molecule has 2 aliphatic rings. The van der Waals surface area contributed by atoms with Gasteiger partial charge in [-0.1, -0.05) is 29.5 Å². The summed E-state index contributed by atoms with van der Waals surface area (Å²) < 4.78 is 13.4. The number of piperidine rings is 1. The number of non-ortho nitro benzene ring substituents is 1. The molecule has 0 aliphatic carbocycles. The van der Waals surface area contributed by atoms with Crippen molar-refractivity contribution in [2.75, 3.05) is 24.6 Å². The Kier molecular flexibility index (Phi) is 8.58. The second kappa shape index (κ2) is 12.3. The normalized spacial score (nSPS) is 17.2. The zero-order chi connectivity index (χ0) is 30.0. The number of para-hydroxylation sites is 1. The van der Waals surface area contributed by atoms with Gasteiger partial charge in [0, 0.05) is 42.0 Å². The van der Waals surface area contributed by atoms with Crippen molar-refractivity contribution in [2.24, 2.45) is 4.99 Å². The Bertz CT molecular complexity index is 1730. The monoisotopic (exact) mass is 590 g/mol. The summed E-state index contributed by atoms with van der Waals surface area (Å²) in [6.07, 6.45) is 4.78. The molecule has 1 saturated heterocycles. The highest BCUT2D eigenvalue weighted by atomic mass is 32.1. The average molecular weight is 591 g/mol. The van der Waals surface area contributed by atoms with Crippen LogP contribution in [0.4, 0.5) is 11.4 Å². The van der Waals surface area contributed by atoms with Crippen molar-refractivity contribution >= 4 is 34.8 Å². The fourth-order valence-electron chi connectivity index (χ4n) is 5.49. The Balaban J connectivity index is 1.74. The molecule has 0 amide bonds. The van der Waals surface area contributed by atoms with E-state index in [1.165, 1.54) is 28.0 Å². The molecule has 220 valence electrons. The molecule has 0 spiro atoms. The van der Waals surface area contributed by atoms with Crippen molar-refractivity contribution in [3.8, 4) is 5.75 Å². The number of nitrogens with zero attached hydrogens (tertiary/aromatic N) is 4. The van der Waals surface area contributed by atoms with E-state index in [0.717, 1.165) is 38.0 Å². The third-order valence-electron chi connectivity index (χ3n) is 7.30. The zero-order valence-corrected chi connectivity index (χ0v) is 25.0. The quantitative estimate of drug-likeness (QED) is 0.216. The molecule has 3 aromatic rings. The molecule has 5 rings (SSSR count). The van der Waals surface area contributed by atoms with E-state index in [2.05, 4.69) is 9.89 Å². The van der Waals surface area contributed by atoms with Crippen molar-refractivity contribution in [1.29, 1.82) is 0 Å². The number of allylic oxidation sites excluding steroid dienone is 1. The number of esters is 1. The number of carbonyl (C=O) groups is 1. The van der Waals surface area contributed by atoms with E-state index >= 15 is 0 Å². The number of ether oxygens (including phenoxy) is 2. The highest BCUT2D eigenvalue weighted by Gasteiger charge is 2.35. The third kappa shape index (κ3) is 5.74. The summed E-state index contributed by atoms with van der Waals surface area (Å²) in [5, 5.41) is 11.7. The fourth-order valence-corrected chi connectivity index (χ4v) is 6.53. The van der Waals surface area contributed by atoms with E-state index in [1.807, 2.05) is 38.1 Å². The van der Waals surface area contributed by atoms with Gasteiger partial charge < -0.3 is 14.4 Å². The molecule has 11 heteroatoms. The number of benzene rings is 2. The van der Waals surface area contributed by atoms with Gasteiger partial charge in [0.2, 0.25) is 0 Å². The van der Waals surface area contributed by atoms with Gasteiger partial charge in [-0.25, -0.2) is 9.79 Å². The van der Waals surface area contributed by atoms with Crippen LogP contribution in [0.2, 0.25) is 0 Å². The lowest BCUT2D eigenvalue weighted by Crippen LogP contribution is -2.40. The van der Waals surface area contributed by atoms with Gasteiger partial charge in [-0.15, -0.1) is 0 Å². The Morgan fingerprint density at radius 3 is 2.62 bits per heavy atom. The number of nitro groups is 1. The standard InChI is InChI=1S/C31H34N4O6S/c1-5-40-30(37)27-20(4)32-31-34(28(27)23-11-7-8-12-25(23)41-19(2)3)29(36)26(42-31)18-21-17-22(35(38)39)13-14-24(21)33-15-9-6-10-16-33/h7-8,11-14,17-19,28H,5-6,9-10,15-16H2,1-4H3/b26-18+/t28-/m0/s1. The van der Waals surface area contributed by atoms with Crippen LogP contribution in [0.3, 0.4) is 0 Å². The van der Waals surface area contributed by atoms with Gasteiger partial charge in [0.25, 0.3) is 11.2 Å². The smallest absolute Gasteiger partial charge is 0.338 e. The summed E-state index contributed by atoms with van der Waals surface area (Å²) in [6.45, 7) is 9.14. The van der Waals surface area contributed by atoms with Crippen molar-refractivity contribution in [3.05, 3.63) is 94.7 Å². The molecule has 1 aromatic heterocycles. The molecular formula is C31H34N4O6S. The largest absolute Gasteiger partial charge is 0.491 e. The number of hydrogen-bond donors (Lipinski definition) is 0. The molecule has 1 fully saturated rings. The van der Waals surface area contributed by atoms with Gasteiger partial charge in [-0.2, -0.15) is 0 Å². The average Bonchev–Trinajstić information content (AvgIpc) is 3.26. The molecular weight excluding hydrogens is 556 g/mol. The lowest BCUT2D eigenvalue weighted by molar-refractivity contribution is -0.384. The van der Waals surface area contributed by atoms with Crippen molar-refractivity contribution < 1.29 is 19.2 Å². The summed E-state index contributed by atoms with van der Waals surface area (Å²) in [5.41, 5.74) is 2.40. The lowest BCUT2D eigenvalue weighted by atomic mass is 9.95. The predicted octanol–water partition coefficient (Wildman–Crippen LogP) is 4.48. The van der Waals surface area contributed by atoms with Crippen LogP contribution in [-0.2, 0) is 9.53 Å². The molecule has 0 radical (unpaired) electrons. The summed E-state index contributed by atoms with van der Waals surface area (Å²) in [4.78, 5) is 46.0. The first-order valence-corrected chi connectivity index (χ1v) is 15.0. The van der Waals surface area contributed by atoms with E-state index in [-0.39, 0.29) is 29.5 Å². The Hall–Kier alpha value is -4.25. The van der Waals surface area contributed by atoms with E-state index in [1.54, 1.807) is 26.0 Å². The topological polar surface area (TPSA) is 116 Å². The van der Waals surface area contributed by atoms with Crippen LogP contribution in [0.1, 0.15) is 64.1 Å². The summed E-state index contributed by atoms with van der Waals surface area (Å²) in [6, 6.07) is 11.3. The first-order valence-electron chi connectivity index (χ1n) is 14.2. The maximum atomic E-state index is 14.2. The number of nitro benzene ring substituents is 1. The number of carbonyl (C=O) groups excluding carboxylic acids is 1. The molecule has 42 heavy (non-hydrogen) atoms. The minimum atomic E-state index is -0.830. The van der Waals surface area contributed by atoms with Gasteiger partial charge in [0.15, 0.2) is 4.80 Å². The number of anilines is 1. The number of fused-ring (bicyclic) bond motifs is 1. The molecule has 10 nitrogen and oxygen atoms in total. The van der Waals surface area contributed by atoms with Crippen LogP contribution in [0.15, 0.2) is 63.5 Å². The van der Waals surface area contributed by atoms with E-state index < -0.39 is 16.9 Å². The van der Waals surface area contributed by atoms with Gasteiger partial charge in [0.05, 0.1) is 33.4 Å². The van der Waals surface area contributed by atoms with Crippen LogP contribution < -0.4 is 24.5 Å². The first kappa shape index (κ1) is 29.2. The second-order valence-corrected chi connectivity index (χ2v) is 11.6. The van der Waals surface area contributed by atoms with Crippen molar-refractivity contribution in [2.45, 2.75) is 59.1 Å². The Morgan fingerprint density at radius 2 is 1.93 bits per heavy atom. The number of hydrogen-bond acceptors (Lipinski definition) is 9. The summed E-state index contributed by atoms with van der Waals surface area (Å²) >= 11 is 1.19. The summed E-state index contributed by atoms with van der Waals surface area (Å²) in [7, 11) is 0. The number of aromatic nitrogens is 1. The van der Waals surface area contributed by atoms with Crippen LogP contribution in [-0.4, -0.2) is 41.3 Å². The van der Waals surface area contributed by atoms with Crippen LogP contribution >= 0.6 is 11.3 Å².